The number of Topliss-reactive ketones (excluding diaryl/α,β-unsaturated/α-hetero) is 2. The summed E-state index contributed by atoms with van der Waals surface area (Å²) in [5.41, 5.74) is 0.996. The highest BCUT2D eigenvalue weighted by atomic mass is 32.1. The number of thiazole rings is 1. The monoisotopic (exact) mass is 331 g/mol. The van der Waals surface area contributed by atoms with Gasteiger partial charge in [0.2, 0.25) is 0 Å². The number of nitrogens with one attached hydrogen (secondary N) is 1. The minimum atomic E-state index is -0.742. The SMILES string of the molecule is O=C(CO)Nc1nc2c(s1)C(=O)C(C(=O)c1cccnc1)CC2. The molecule has 0 saturated carbocycles. The van der Waals surface area contributed by atoms with Gasteiger partial charge >= 0.3 is 0 Å². The van der Waals surface area contributed by atoms with Gasteiger partial charge in [-0.1, -0.05) is 11.3 Å². The molecular formula is C15H13N3O4S. The minimum Gasteiger partial charge on any atom is -0.387 e. The number of aliphatic hydroxyl groups excluding tert-OH is 1. The Labute approximate surface area is 135 Å². The molecule has 8 heteroatoms. The van der Waals surface area contributed by atoms with Crippen LogP contribution in [0.2, 0.25) is 0 Å². The topological polar surface area (TPSA) is 109 Å². The Morgan fingerprint density at radius 1 is 1.43 bits per heavy atom. The van der Waals surface area contributed by atoms with Gasteiger partial charge in [0, 0.05) is 18.0 Å². The summed E-state index contributed by atoms with van der Waals surface area (Å²) < 4.78 is 0. The summed E-state index contributed by atoms with van der Waals surface area (Å²) in [6.07, 6.45) is 3.89. The molecule has 118 valence electrons. The predicted octanol–water partition coefficient (Wildman–Crippen LogP) is 1.10. The number of carbonyl (C=O) groups is 3. The molecule has 23 heavy (non-hydrogen) atoms. The van der Waals surface area contributed by atoms with Crippen molar-refractivity contribution in [3.8, 4) is 0 Å². The fourth-order valence-corrected chi connectivity index (χ4v) is 3.48. The first-order chi connectivity index (χ1) is 11.1. The third-order valence-electron chi connectivity index (χ3n) is 3.56. The molecule has 0 radical (unpaired) electrons. The maximum atomic E-state index is 12.6. The Morgan fingerprint density at radius 3 is 2.96 bits per heavy atom. The van der Waals surface area contributed by atoms with E-state index in [0.29, 0.717) is 29.0 Å². The van der Waals surface area contributed by atoms with Crippen molar-refractivity contribution in [1.82, 2.24) is 9.97 Å². The van der Waals surface area contributed by atoms with E-state index in [4.69, 9.17) is 5.11 Å². The van der Waals surface area contributed by atoms with Gasteiger partial charge in [0.25, 0.3) is 5.91 Å². The quantitative estimate of drug-likeness (QED) is 0.641. The van der Waals surface area contributed by atoms with Crippen LogP contribution in [0.5, 0.6) is 0 Å². The second kappa shape index (κ2) is 6.35. The van der Waals surface area contributed by atoms with Gasteiger partial charge in [0.15, 0.2) is 16.7 Å². The number of fused-ring (bicyclic) bond motifs is 1. The predicted molar refractivity (Wildman–Crippen MR) is 82.5 cm³/mol. The van der Waals surface area contributed by atoms with E-state index in [9.17, 15) is 14.4 Å². The zero-order valence-electron chi connectivity index (χ0n) is 12.0. The van der Waals surface area contributed by atoms with E-state index in [0.717, 1.165) is 11.3 Å². The van der Waals surface area contributed by atoms with Crippen LogP contribution in [0.4, 0.5) is 5.13 Å². The normalized spacial score (nSPS) is 16.7. The summed E-state index contributed by atoms with van der Waals surface area (Å²) in [5, 5.41) is 11.4. The Kier molecular flexibility index (Phi) is 4.26. The fraction of sp³-hybridized carbons (Fsp3) is 0.267. The molecule has 0 bridgehead atoms. The van der Waals surface area contributed by atoms with Crippen LogP contribution in [0.3, 0.4) is 0 Å². The molecular weight excluding hydrogens is 318 g/mol. The zero-order chi connectivity index (χ0) is 16.4. The van der Waals surface area contributed by atoms with E-state index < -0.39 is 18.4 Å². The molecule has 1 unspecified atom stereocenters. The van der Waals surface area contributed by atoms with Crippen molar-refractivity contribution >= 4 is 33.9 Å². The molecule has 2 N–H and O–H groups in total. The zero-order valence-corrected chi connectivity index (χ0v) is 12.8. The van der Waals surface area contributed by atoms with Crippen LogP contribution in [-0.4, -0.2) is 39.2 Å². The highest BCUT2D eigenvalue weighted by Gasteiger charge is 2.36. The van der Waals surface area contributed by atoms with Crippen molar-refractivity contribution in [2.75, 3.05) is 11.9 Å². The highest BCUT2D eigenvalue weighted by molar-refractivity contribution is 7.17. The molecule has 3 rings (SSSR count). The van der Waals surface area contributed by atoms with Crippen molar-refractivity contribution in [1.29, 1.82) is 0 Å². The third kappa shape index (κ3) is 3.03. The fourth-order valence-electron chi connectivity index (χ4n) is 2.46. The van der Waals surface area contributed by atoms with Gasteiger partial charge in [-0.15, -0.1) is 0 Å². The van der Waals surface area contributed by atoms with Gasteiger partial charge in [0.05, 0.1) is 16.5 Å². The van der Waals surface area contributed by atoms with Crippen LogP contribution < -0.4 is 5.32 Å². The van der Waals surface area contributed by atoms with Crippen molar-refractivity contribution in [3.63, 3.8) is 0 Å². The number of ketones is 2. The average molecular weight is 331 g/mol. The molecule has 0 aromatic carbocycles. The number of carbonyl (C=O) groups excluding carboxylic acids is 3. The van der Waals surface area contributed by atoms with Crippen molar-refractivity contribution in [3.05, 3.63) is 40.7 Å². The second-order valence-electron chi connectivity index (χ2n) is 5.06. The molecule has 1 aliphatic rings. The molecule has 1 amide bonds. The molecule has 0 fully saturated rings. The first-order valence-corrected chi connectivity index (χ1v) is 7.80. The summed E-state index contributed by atoms with van der Waals surface area (Å²) in [5.74, 6) is -1.86. The average Bonchev–Trinajstić information content (AvgIpc) is 2.98. The van der Waals surface area contributed by atoms with Gasteiger partial charge in [-0.3, -0.25) is 24.7 Å². The molecule has 0 spiro atoms. The van der Waals surface area contributed by atoms with Crippen molar-refractivity contribution in [2.24, 2.45) is 5.92 Å². The van der Waals surface area contributed by atoms with Crippen molar-refractivity contribution in [2.45, 2.75) is 12.8 Å². The van der Waals surface area contributed by atoms with Gasteiger partial charge in [0.1, 0.15) is 6.61 Å². The van der Waals surface area contributed by atoms with E-state index in [2.05, 4.69) is 15.3 Å². The number of aliphatic hydroxyl groups is 1. The van der Waals surface area contributed by atoms with Crippen molar-refractivity contribution < 1.29 is 19.5 Å². The summed E-state index contributed by atoms with van der Waals surface area (Å²) in [7, 11) is 0. The van der Waals surface area contributed by atoms with Crippen LogP contribution in [-0.2, 0) is 11.2 Å². The van der Waals surface area contributed by atoms with Crippen LogP contribution >= 0.6 is 11.3 Å². The first kappa shape index (κ1) is 15.4. The molecule has 7 nitrogen and oxygen atoms in total. The van der Waals surface area contributed by atoms with E-state index in [1.165, 1.54) is 6.20 Å². The summed E-state index contributed by atoms with van der Waals surface area (Å²) >= 11 is 1.03. The van der Waals surface area contributed by atoms with Crippen LogP contribution in [0, 0.1) is 5.92 Å². The number of hydrogen-bond acceptors (Lipinski definition) is 7. The number of pyridine rings is 1. The van der Waals surface area contributed by atoms with Gasteiger partial charge in [-0.05, 0) is 25.0 Å². The Balaban J connectivity index is 1.83. The number of aromatic nitrogens is 2. The summed E-state index contributed by atoms with van der Waals surface area (Å²) in [6, 6.07) is 3.29. The lowest BCUT2D eigenvalue weighted by Gasteiger charge is -2.18. The van der Waals surface area contributed by atoms with Gasteiger partial charge < -0.3 is 5.11 Å². The number of aryl methyl sites for hydroxylation is 1. The van der Waals surface area contributed by atoms with Gasteiger partial charge in [-0.25, -0.2) is 4.98 Å². The number of anilines is 1. The second-order valence-corrected chi connectivity index (χ2v) is 6.06. The number of nitrogens with zero attached hydrogens (tertiary/aromatic N) is 2. The molecule has 2 aromatic heterocycles. The molecule has 2 aromatic rings. The smallest absolute Gasteiger partial charge is 0.251 e. The van der Waals surface area contributed by atoms with Crippen LogP contribution in [0.15, 0.2) is 24.5 Å². The Hall–Kier alpha value is -2.45. The number of rotatable bonds is 4. The van der Waals surface area contributed by atoms with E-state index in [1.54, 1.807) is 18.3 Å². The molecule has 2 heterocycles. The Bertz CT molecular complexity index is 772. The van der Waals surface area contributed by atoms with Crippen LogP contribution in [0.1, 0.15) is 32.1 Å². The van der Waals surface area contributed by atoms with E-state index in [1.807, 2.05) is 0 Å². The summed E-state index contributed by atoms with van der Waals surface area (Å²) in [6.45, 7) is -0.652. The molecule has 0 aliphatic heterocycles. The highest BCUT2D eigenvalue weighted by Crippen LogP contribution is 2.33. The van der Waals surface area contributed by atoms with E-state index >= 15 is 0 Å². The maximum absolute atomic E-state index is 12.6. The lowest BCUT2D eigenvalue weighted by molar-refractivity contribution is -0.118. The summed E-state index contributed by atoms with van der Waals surface area (Å²) in [4.78, 5) is 44.7. The Morgan fingerprint density at radius 2 is 2.26 bits per heavy atom. The lowest BCUT2D eigenvalue weighted by atomic mass is 9.84. The minimum absolute atomic E-state index is 0.247. The third-order valence-corrected chi connectivity index (χ3v) is 4.59. The largest absolute Gasteiger partial charge is 0.387 e. The maximum Gasteiger partial charge on any atom is 0.251 e. The standard InChI is InChI=1S/C15H13N3O4S/c19-7-11(20)18-15-17-10-4-3-9(13(22)14(10)23-15)12(21)8-2-1-5-16-6-8/h1-2,5-6,9,19H,3-4,7H2,(H,17,18,20). The van der Waals surface area contributed by atoms with Crippen LogP contribution in [0.25, 0.3) is 0 Å². The lowest BCUT2D eigenvalue weighted by Crippen LogP contribution is -2.28. The number of amides is 1. The first-order valence-electron chi connectivity index (χ1n) is 6.99. The molecule has 0 saturated heterocycles. The molecule has 1 aliphatic carbocycles. The molecule has 1 atom stereocenters. The number of hydrogen-bond donors (Lipinski definition) is 2. The van der Waals surface area contributed by atoms with Gasteiger partial charge in [-0.2, -0.15) is 0 Å². The van der Waals surface area contributed by atoms with E-state index in [-0.39, 0.29) is 16.7 Å².